The normalized spacial score (nSPS) is 17.3. The summed E-state index contributed by atoms with van der Waals surface area (Å²) >= 11 is 12.3. The van der Waals surface area contributed by atoms with Crippen LogP contribution >= 0.6 is 23.2 Å². The van der Waals surface area contributed by atoms with Gasteiger partial charge in [0.15, 0.2) is 0 Å². The molecule has 0 radical (unpaired) electrons. The molecule has 1 heterocycles. The SMILES string of the molecule is CC(C)COc1cccc(/C(O)=C2/C(=O)C(=O)N(c3ccc(F)cc3)C2c2ccc(Cl)c(Cl)c2)c1. The van der Waals surface area contributed by atoms with Gasteiger partial charge >= 0.3 is 0 Å². The first-order valence-corrected chi connectivity index (χ1v) is 11.7. The van der Waals surface area contributed by atoms with Crippen molar-refractivity contribution in [3.63, 3.8) is 0 Å². The van der Waals surface area contributed by atoms with Gasteiger partial charge < -0.3 is 9.84 Å². The highest BCUT2D eigenvalue weighted by Gasteiger charge is 2.47. The van der Waals surface area contributed by atoms with Crippen molar-refractivity contribution in [2.75, 3.05) is 11.5 Å². The first-order valence-electron chi connectivity index (χ1n) is 10.9. The van der Waals surface area contributed by atoms with Crippen LogP contribution in [0.2, 0.25) is 10.0 Å². The van der Waals surface area contributed by atoms with E-state index in [2.05, 4.69) is 0 Å². The molecule has 35 heavy (non-hydrogen) atoms. The summed E-state index contributed by atoms with van der Waals surface area (Å²) in [4.78, 5) is 27.6. The third-order valence-corrected chi connectivity index (χ3v) is 6.24. The molecule has 1 aliphatic heterocycles. The topological polar surface area (TPSA) is 66.8 Å². The van der Waals surface area contributed by atoms with E-state index in [1.807, 2.05) is 13.8 Å². The molecule has 1 N–H and O–H groups in total. The first-order chi connectivity index (χ1) is 16.7. The quantitative estimate of drug-likeness (QED) is 0.223. The van der Waals surface area contributed by atoms with E-state index < -0.39 is 23.5 Å². The maximum Gasteiger partial charge on any atom is 0.300 e. The van der Waals surface area contributed by atoms with Crippen molar-refractivity contribution < 1.29 is 23.8 Å². The molecule has 180 valence electrons. The minimum atomic E-state index is -1.02. The predicted molar refractivity (Wildman–Crippen MR) is 134 cm³/mol. The molecule has 0 aliphatic carbocycles. The third-order valence-electron chi connectivity index (χ3n) is 5.50. The summed E-state index contributed by atoms with van der Waals surface area (Å²) in [6.07, 6.45) is 0. The number of anilines is 1. The van der Waals surface area contributed by atoms with Crippen LogP contribution in [0, 0.1) is 11.7 Å². The molecule has 8 heteroatoms. The highest BCUT2D eigenvalue weighted by atomic mass is 35.5. The lowest BCUT2D eigenvalue weighted by Gasteiger charge is -2.25. The Morgan fingerprint density at radius 3 is 2.40 bits per heavy atom. The van der Waals surface area contributed by atoms with Crippen LogP contribution in [-0.4, -0.2) is 23.4 Å². The highest BCUT2D eigenvalue weighted by molar-refractivity contribution is 6.51. The van der Waals surface area contributed by atoms with Crippen LogP contribution in [0.1, 0.15) is 31.0 Å². The second kappa shape index (κ2) is 10.1. The van der Waals surface area contributed by atoms with Gasteiger partial charge in [-0.15, -0.1) is 0 Å². The van der Waals surface area contributed by atoms with Gasteiger partial charge in [-0.25, -0.2) is 4.39 Å². The number of nitrogens with zero attached hydrogens (tertiary/aromatic N) is 1. The molecule has 5 nitrogen and oxygen atoms in total. The summed E-state index contributed by atoms with van der Waals surface area (Å²) in [6, 6.07) is 15.5. The number of aliphatic hydroxyl groups is 1. The van der Waals surface area contributed by atoms with Gasteiger partial charge in [-0.05, 0) is 60.0 Å². The predicted octanol–water partition coefficient (Wildman–Crippen LogP) is 6.79. The van der Waals surface area contributed by atoms with Crippen molar-refractivity contribution in [1.82, 2.24) is 0 Å². The molecule has 3 aromatic carbocycles. The number of hydrogen-bond donors (Lipinski definition) is 1. The van der Waals surface area contributed by atoms with Gasteiger partial charge in [0.1, 0.15) is 17.3 Å². The summed E-state index contributed by atoms with van der Waals surface area (Å²) in [5.41, 5.74) is 0.932. The highest BCUT2D eigenvalue weighted by Crippen LogP contribution is 2.43. The lowest BCUT2D eigenvalue weighted by molar-refractivity contribution is -0.132. The zero-order valence-corrected chi connectivity index (χ0v) is 20.5. The van der Waals surface area contributed by atoms with Crippen LogP contribution in [0.15, 0.2) is 72.3 Å². The summed E-state index contributed by atoms with van der Waals surface area (Å²) in [5.74, 6) is -1.78. The van der Waals surface area contributed by atoms with Crippen molar-refractivity contribution in [2.24, 2.45) is 5.92 Å². The van der Waals surface area contributed by atoms with Gasteiger partial charge in [-0.2, -0.15) is 0 Å². The second-order valence-corrected chi connectivity index (χ2v) is 9.37. The number of rotatable bonds is 6. The van der Waals surface area contributed by atoms with Crippen molar-refractivity contribution >= 4 is 46.3 Å². The van der Waals surface area contributed by atoms with E-state index in [9.17, 15) is 19.1 Å². The number of benzene rings is 3. The minimum absolute atomic E-state index is 0.126. The molecule has 0 bridgehead atoms. The Morgan fingerprint density at radius 2 is 1.74 bits per heavy atom. The number of ether oxygens (including phenoxy) is 1. The van der Waals surface area contributed by atoms with E-state index in [4.69, 9.17) is 27.9 Å². The maximum absolute atomic E-state index is 13.6. The summed E-state index contributed by atoms with van der Waals surface area (Å²) in [5, 5.41) is 11.8. The van der Waals surface area contributed by atoms with Crippen LogP contribution in [0.3, 0.4) is 0 Å². The van der Waals surface area contributed by atoms with Gasteiger partial charge in [-0.1, -0.05) is 55.2 Å². The van der Waals surface area contributed by atoms with Crippen LogP contribution in [0.25, 0.3) is 5.76 Å². The summed E-state index contributed by atoms with van der Waals surface area (Å²) in [7, 11) is 0. The maximum atomic E-state index is 13.6. The van der Waals surface area contributed by atoms with E-state index in [0.717, 1.165) is 0 Å². The van der Waals surface area contributed by atoms with Gasteiger partial charge in [-0.3, -0.25) is 14.5 Å². The number of Topliss-reactive ketones (excluding diaryl/α,β-unsaturated/α-hetero) is 1. The number of carbonyl (C=O) groups is 2. The van der Waals surface area contributed by atoms with Crippen LogP contribution < -0.4 is 9.64 Å². The smallest absolute Gasteiger partial charge is 0.300 e. The number of ketones is 1. The fourth-order valence-electron chi connectivity index (χ4n) is 3.85. The Balaban J connectivity index is 1.88. The van der Waals surface area contributed by atoms with Gasteiger partial charge in [0.2, 0.25) is 0 Å². The van der Waals surface area contributed by atoms with Gasteiger partial charge in [0.25, 0.3) is 11.7 Å². The van der Waals surface area contributed by atoms with Crippen molar-refractivity contribution in [3.8, 4) is 5.75 Å². The molecule has 1 unspecified atom stereocenters. The van der Waals surface area contributed by atoms with Crippen LogP contribution in [-0.2, 0) is 9.59 Å². The molecule has 0 aromatic heterocycles. The van der Waals surface area contributed by atoms with Crippen LogP contribution in [0.5, 0.6) is 5.75 Å². The number of amides is 1. The fourth-order valence-corrected chi connectivity index (χ4v) is 4.16. The van der Waals surface area contributed by atoms with E-state index in [1.54, 1.807) is 36.4 Å². The number of halogens is 3. The standard InChI is InChI=1S/C27H22Cl2FNO4/c1-15(2)14-35-20-5-3-4-17(12-20)25(32)23-24(16-6-11-21(28)22(29)13-16)31(27(34)26(23)33)19-9-7-18(30)8-10-19/h3-13,15,24,32H,14H2,1-2H3/b25-23-. The zero-order valence-electron chi connectivity index (χ0n) is 19.0. The van der Waals surface area contributed by atoms with Crippen molar-refractivity contribution in [1.29, 1.82) is 0 Å². The summed E-state index contributed by atoms with van der Waals surface area (Å²) < 4.78 is 19.3. The zero-order chi connectivity index (χ0) is 25.3. The molecular weight excluding hydrogens is 492 g/mol. The second-order valence-electron chi connectivity index (χ2n) is 8.55. The average Bonchev–Trinajstić information content (AvgIpc) is 3.10. The Labute approximate surface area is 212 Å². The fraction of sp³-hybridized carbons (Fsp3) is 0.185. The number of carbonyl (C=O) groups excluding carboxylic acids is 2. The molecular formula is C27H22Cl2FNO4. The Bertz CT molecular complexity index is 1320. The number of aliphatic hydroxyl groups excluding tert-OH is 1. The third kappa shape index (κ3) is 5.04. The Kier molecular flexibility index (Phi) is 7.15. The molecule has 0 spiro atoms. The van der Waals surface area contributed by atoms with Crippen molar-refractivity contribution in [2.45, 2.75) is 19.9 Å². The van der Waals surface area contributed by atoms with Crippen LogP contribution in [0.4, 0.5) is 10.1 Å². The molecule has 1 saturated heterocycles. The Hall–Kier alpha value is -3.35. The van der Waals surface area contributed by atoms with Crippen molar-refractivity contribution in [3.05, 3.63) is 99.3 Å². The number of hydrogen-bond acceptors (Lipinski definition) is 4. The molecule has 1 amide bonds. The molecule has 1 aliphatic rings. The molecule has 0 saturated carbocycles. The van der Waals surface area contributed by atoms with E-state index in [1.165, 1.54) is 35.2 Å². The monoisotopic (exact) mass is 513 g/mol. The molecule has 1 atom stereocenters. The molecule has 1 fully saturated rings. The molecule has 3 aromatic rings. The average molecular weight is 514 g/mol. The van der Waals surface area contributed by atoms with E-state index >= 15 is 0 Å². The Morgan fingerprint density at radius 1 is 1.03 bits per heavy atom. The van der Waals surface area contributed by atoms with Gasteiger partial charge in [0, 0.05) is 11.3 Å². The first kappa shape index (κ1) is 24.8. The largest absolute Gasteiger partial charge is 0.507 e. The lowest BCUT2D eigenvalue weighted by atomic mass is 9.95. The van der Waals surface area contributed by atoms with Gasteiger partial charge in [0.05, 0.1) is 28.3 Å². The summed E-state index contributed by atoms with van der Waals surface area (Å²) in [6.45, 7) is 4.50. The van der Waals surface area contributed by atoms with E-state index in [0.29, 0.717) is 34.4 Å². The van der Waals surface area contributed by atoms with E-state index in [-0.39, 0.29) is 22.0 Å². The molecule has 4 rings (SSSR count). The lowest BCUT2D eigenvalue weighted by Crippen LogP contribution is -2.29. The minimum Gasteiger partial charge on any atom is -0.507 e.